The lowest BCUT2D eigenvalue weighted by atomic mass is 10.1. The number of rotatable bonds is 8. The summed E-state index contributed by atoms with van der Waals surface area (Å²) in [5.74, 6) is -0.629. The maximum Gasteiger partial charge on any atom is 0.344 e. The van der Waals surface area contributed by atoms with Crippen molar-refractivity contribution in [2.75, 3.05) is 13.2 Å². The SMILES string of the molecule is Cc1cc(C(=O)COC(=O)COc2ccccc2C#N)c(C)n1Cc1cccs1. The van der Waals surface area contributed by atoms with E-state index >= 15 is 0 Å². The van der Waals surface area contributed by atoms with Gasteiger partial charge in [0.1, 0.15) is 11.8 Å². The van der Waals surface area contributed by atoms with Gasteiger partial charge in [-0.2, -0.15) is 5.26 Å². The number of carbonyl (C=O) groups excluding carboxylic acids is 2. The molecule has 6 nitrogen and oxygen atoms in total. The molecule has 29 heavy (non-hydrogen) atoms. The van der Waals surface area contributed by atoms with Crippen molar-refractivity contribution < 1.29 is 19.1 Å². The number of hydrogen-bond donors (Lipinski definition) is 0. The molecule has 0 radical (unpaired) electrons. The molecule has 0 aliphatic heterocycles. The number of esters is 1. The Morgan fingerprint density at radius 3 is 2.66 bits per heavy atom. The molecular formula is C22H20N2O4S. The Hall–Kier alpha value is -3.37. The fourth-order valence-electron chi connectivity index (χ4n) is 2.97. The Bertz CT molecular complexity index is 1060. The molecular weight excluding hydrogens is 388 g/mol. The van der Waals surface area contributed by atoms with Crippen LogP contribution in [0.15, 0.2) is 47.8 Å². The van der Waals surface area contributed by atoms with Gasteiger partial charge in [0.2, 0.25) is 5.78 Å². The predicted octanol–water partition coefficient (Wildman–Crippen LogP) is 3.89. The van der Waals surface area contributed by atoms with Gasteiger partial charge in [0, 0.05) is 21.8 Å². The van der Waals surface area contributed by atoms with Crippen LogP contribution in [-0.4, -0.2) is 29.5 Å². The van der Waals surface area contributed by atoms with Crippen LogP contribution in [0.2, 0.25) is 0 Å². The zero-order valence-corrected chi connectivity index (χ0v) is 17.0. The van der Waals surface area contributed by atoms with E-state index in [0.29, 0.717) is 23.4 Å². The number of aryl methyl sites for hydroxylation is 1. The molecule has 0 atom stereocenters. The first-order chi connectivity index (χ1) is 14.0. The summed E-state index contributed by atoms with van der Waals surface area (Å²) in [4.78, 5) is 25.7. The molecule has 0 spiro atoms. The summed E-state index contributed by atoms with van der Waals surface area (Å²) < 4.78 is 12.5. The highest BCUT2D eigenvalue weighted by Gasteiger charge is 2.18. The Balaban J connectivity index is 1.56. The van der Waals surface area contributed by atoms with E-state index in [1.807, 2.05) is 37.4 Å². The smallest absolute Gasteiger partial charge is 0.344 e. The minimum Gasteiger partial charge on any atom is -0.481 e. The van der Waals surface area contributed by atoms with E-state index in [0.717, 1.165) is 11.4 Å². The van der Waals surface area contributed by atoms with Gasteiger partial charge in [-0.3, -0.25) is 4.79 Å². The van der Waals surface area contributed by atoms with Crippen LogP contribution in [0.25, 0.3) is 0 Å². The highest BCUT2D eigenvalue weighted by atomic mass is 32.1. The molecule has 7 heteroatoms. The fraction of sp³-hybridized carbons (Fsp3) is 0.227. The molecule has 0 N–H and O–H groups in total. The third kappa shape index (κ3) is 4.92. The van der Waals surface area contributed by atoms with Crippen LogP contribution < -0.4 is 4.74 Å². The van der Waals surface area contributed by atoms with Crippen LogP contribution in [0.5, 0.6) is 5.75 Å². The van der Waals surface area contributed by atoms with E-state index in [1.165, 1.54) is 4.88 Å². The molecule has 1 aromatic carbocycles. The van der Waals surface area contributed by atoms with E-state index in [9.17, 15) is 9.59 Å². The molecule has 0 amide bonds. The fourth-order valence-corrected chi connectivity index (χ4v) is 3.66. The van der Waals surface area contributed by atoms with Crippen molar-refractivity contribution in [3.05, 3.63) is 75.2 Å². The molecule has 0 aliphatic carbocycles. The number of hydrogen-bond acceptors (Lipinski definition) is 6. The third-order valence-corrected chi connectivity index (χ3v) is 5.35. The summed E-state index contributed by atoms with van der Waals surface area (Å²) in [5.41, 5.74) is 2.69. The lowest BCUT2D eigenvalue weighted by Crippen LogP contribution is -2.20. The van der Waals surface area contributed by atoms with Gasteiger partial charge in [0.25, 0.3) is 0 Å². The molecule has 0 fully saturated rings. The van der Waals surface area contributed by atoms with Crippen LogP contribution in [0.4, 0.5) is 0 Å². The zero-order valence-electron chi connectivity index (χ0n) is 16.2. The largest absolute Gasteiger partial charge is 0.481 e. The minimum atomic E-state index is -0.668. The minimum absolute atomic E-state index is 0.263. The van der Waals surface area contributed by atoms with E-state index in [-0.39, 0.29) is 19.0 Å². The number of nitrogens with zero attached hydrogens (tertiary/aromatic N) is 2. The van der Waals surface area contributed by atoms with Gasteiger partial charge in [-0.25, -0.2) is 4.79 Å². The second-order valence-corrected chi connectivity index (χ2v) is 7.46. The molecule has 2 heterocycles. The first-order valence-corrected chi connectivity index (χ1v) is 9.87. The predicted molar refractivity (Wildman–Crippen MR) is 109 cm³/mol. The Morgan fingerprint density at radius 2 is 1.93 bits per heavy atom. The maximum absolute atomic E-state index is 12.5. The van der Waals surface area contributed by atoms with Crippen molar-refractivity contribution in [2.24, 2.45) is 0 Å². The number of para-hydroxylation sites is 1. The van der Waals surface area contributed by atoms with Crippen LogP contribution in [0.3, 0.4) is 0 Å². The first kappa shape index (κ1) is 20.4. The van der Waals surface area contributed by atoms with Gasteiger partial charge >= 0.3 is 5.97 Å². The molecule has 0 saturated heterocycles. The van der Waals surface area contributed by atoms with Crippen molar-refractivity contribution in [3.8, 4) is 11.8 Å². The van der Waals surface area contributed by atoms with Gasteiger partial charge in [0.15, 0.2) is 13.2 Å². The number of aromatic nitrogens is 1. The lowest BCUT2D eigenvalue weighted by molar-refractivity contribution is -0.144. The van der Waals surface area contributed by atoms with Crippen LogP contribution >= 0.6 is 11.3 Å². The average Bonchev–Trinajstić information content (AvgIpc) is 3.34. The topological polar surface area (TPSA) is 81.3 Å². The number of benzene rings is 1. The number of thiophene rings is 1. The van der Waals surface area contributed by atoms with E-state index in [4.69, 9.17) is 14.7 Å². The van der Waals surface area contributed by atoms with Gasteiger partial charge in [-0.05, 0) is 43.5 Å². The Morgan fingerprint density at radius 1 is 1.14 bits per heavy atom. The Labute approximate surface area is 172 Å². The molecule has 2 aromatic heterocycles. The molecule has 3 aromatic rings. The average molecular weight is 408 g/mol. The number of carbonyl (C=O) groups is 2. The Kier molecular flexibility index (Phi) is 6.47. The summed E-state index contributed by atoms with van der Waals surface area (Å²) in [6, 6.07) is 14.5. The standard InChI is InChI=1S/C22H20N2O4S/c1-15-10-19(16(2)24(15)12-18-7-5-9-29-18)20(25)13-28-22(26)14-27-21-8-4-3-6-17(21)11-23/h3-10H,12-14H2,1-2H3. The van der Waals surface area contributed by atoms with E-state index in [1.54, 1.807) is 35.6 Å². The zero-order chi connectivity index (χ0) is 20.8. The number of Topliss-reactive ketones (excluding diaryl/α,β-unsaturated/α-hetero) is 1. The molecule has 0 aliphatic rings. The van der Waals surface area contributed by atoms with Crippen molar-refractivity contribution in [2.45, 2.75) is 20.4 Å². The van der Waals surface area contributed by atoms with Crippen LogP contribution in [-0.2, 0) is 16.1 Å². The van der Waals surface area contributed by atoms with Crippen LogP contribution in [0.1, 0.15) is 32.2 Å². The maximum atomic E-state index is 12.5. The highest BCUT2D eigenvalue weighted by Crippen LogP contribution is 2.20. The van der Waals surface area contributed by atoms with Crippen molar-refractivity contribution in [1.82, 2.24) is 4.57 Å². The van der Waals surface area contributed by atoms with Crippen molar-refractivity contribution in [1.29, 1.82) is 5.26 Å². The highest BCUT2D eigenvalue weighted by molar-refractivity contribution is 7.09. The number of ketones is 1. The summed E-state index contributed by atoms with van der Waals surface area (Å²) >= 11 is 1.66. The number of ether oxygens (including phenoxy) is 2. The normalized spacial score (nSPS) is 10.4. The van der Waals surface area contributed by atoms with Crippen molar-refractivity contribution in [3.63, 3.8) is 0 Å². The first-order valence-electron chi connectivity index (χ1n) is 8.99. The molecule has 0 unspecified atom stereocenters. The molecule has 0 bridgehead atoms. The monoisotopic (exact) mass is 408 g/mol. The summed E-state index contributed by atoms with van der Waals surface area (Å²) in [7, 11) is 0. The summed E-state index contributed by atoms with van der Waals surface area (Å²) in [5, 5.41) is 11.0. The van der Waals surface area contributed by atoms with Gasteiger partial charge in [0.05, 0.1) is 12.1 Å². The quantitative estimate of drug-likeness (QED) is 0.417. The van der Waals surface area contributed by atoms with E-state index in [2.05, 4.69) is 10.6 Å². The van der Waals surface area contributed by atoms with Gasteiger partial charge in [-0.15, -0.1) is 11.3 Å². The van der Waals surface area contributed by atoms with E-state index < -0.39 is 5.97 Å². The summed E-state index contributed by atoms with van der Waals surface area (Å²) in [6.07, 6.45) is 0. The second-order valence-electron chi connectivity index (χ2n) is 6.43. The van der Waals surface area contributed by atoms with Gasteiger partial charge in [-0.1, -0.05) is 18.2 Å². The number of nitriles is 1. The van der Waals surface area contributed by atoms with Crippen LogP contribution in [0, 0.1) is 25.2 Å². The van der Waals surface area contributed by atoms with Crippen molar-refractivity contribution >= 4 is 23.1 Å². The second kappa shape index (κ2) is 9.22. The summed E-state index contributed by atoms with van der Waals surface area (Å²) in [6.45, 7) is 3.81. The molecule has 148 valence electrons. The van der Waals surface area contributed by atoms with Gasteiger partial charge < -0.3 is 14.0 Å². The molecule has 3 rings (SSSR count). The third-order valence-electron chi connectivity index (χ3n) is 4.49. The molecule has 0 saturated carbocycles. The lowest BCUT2D eigenvalue weighted by Gasteiger charge is -2.09.